The largest absolute Gasteiger partial charge is 0.368 e. The monoisotopic (exact) mass is 128 g/mol. The lowest BCUT2D eigenvalue weighted by molar-refractivity contribution is -0.123. The van der Waals surface area contributed by atoms with Gasteiger partial charge in [0.25, 0.3) is 0 Å². The Balaban J connectivity index is 2.48. The van der Waals surface area contributed by atoms with E-state index < -0.39 is 11.9 Å². The summed E-state index contributed by atoms with van der Waals surface area (Å²) in [5.74, 6) is -0.528. The first-order chi connectivity index (χ1) is 4.20. The van der Waals surface area contributed by atoms with Gasteiger partial charge in [-0.15, -0.1) is 0 Å². The van der Waals surface area contributed by atoms with Gasteiger partial charge >= 0.3 is 0 Å². The third-order valence-electron chi connectivity index (χ3n) is 1.34. The van der Waals surface area contributed by atoms with Crippen molar-refractivity contribution in [3.63, 3.8) is 0 Å². The molecule has 1 heterocycles. The highest BCUT2D eigenvalue weighted by atomic mass is 16.2. The van der Waals surface area contributed by atoms with E-state index in [9.17, 15) is 9.59 Å². The van der Waals surface area contributed by atoms with Crippen LogP contribution in [0.15, 0.2) is 0 Å². The van der Waals surface area contributed by atoms with Gasteiger partial charge in [-0.25, -0.2) is 0 Å². The van der Waals surface area contributed by atoms with Gasteiger partial charge in [0.2, 0.25) is 11.8 Å². The number of amides is 2. The van der Waals surface area contributed by atoms with Crippen LogP contribution in [0.25, 0.3) is 0 Å². The molecule has 0 aromatic heterocycles. The molecule has 0 aromatic carbocycles. The summed E-state index contributed by atoms with van der Waals surface area (Å²) in [6, 6.07) is -0.419. The van der Waals surface area contributed by atoms with Gasteiger partial charge in [-0.2, -0.15) is 0 Å². The first-order valence-corrected chi connectivity index (χ1v) is 2.79. The lowest BCUT2D eigenvalue weighted by Crippen LogP contribution is -2.37. The van der Waals surface area contributed by atoms with Crippen LogP contribution >= 0.6 is 0 Å². The average Bonchev–Trinajstić information content (AvgIpc) is 2.14. The molecule has 0 radical (unpaired) electrons. The molecule has 50 valence electrons. The molecule has 0 aromatic rings. The maximum atomic E-state index is 10.4. The number of primary amides is 1. The van der Waals surface area contributed by atoms with E-state index >= 15 is 0 Å². The van der Waals surface area contributed by atoms with Crippen LogP contribution in [0.1, 0.15) is 12.8 Å². The Kier molecular flexibility index (Phi) is 1.38. The first kappa shape index (κ1) is 6.07. The third kappa shape index (κ3) is 1.19. The van der Waals surface area contributed by atoms with Gasteiger partial charge in [-0.1, -0.05) is 0 Å². The van der Waals surface area contributed by atoms with E-state index in [1.807, 2.05) is 0 Å². The van der Waals surface area contributed by atoms with E-state index in [0.717, 1.165) is 0 Å². The second-order valence-electron chi connectivity index (χ2n) is 2.06. The lowest BCUT2D eigenvalue weighted by atomic mass is 10.2. The molecular weight excluding hydrogens is 120 g/mol. The molecule has 3 N–H and O–H groups in total. The van der Waals surface area contributed by atoms with Crippen LogP contribution in [0.4, 0.5) is 0 Å². The number of nitrogens with two attached hydrogens (primary N) is 1. The molecule has 1 fully saturated rings. The Bertz CT molecular complexity index is 155. The molecule has 0 saturated carbocycles. The Morgan fingerprint density at radius 2 is 2.44 bits per heavy atom. The van der Waals surface area contributed by atoms with E-state index in [1.54, 1.807) is 0 Å². The topological polar surface area (TPSA) is 72.2 Å². The minimum absolute atomic E-state index is 0.0844. The lowest BCUT2D eigenvalue weighted by Gasteiger charge is -2.01. The van der Waals surface area contributed by atoms with Crippen molar-refractivity contribution < 1.29 is 9.59 Å². The van der Waals surface area contributed by atoms with Crippen molar-refractivity contribution in [1.29, 1.82) is 0 Å². The number of carbonyl (C=O) groups is 2. The van der Waals surface area contributed by atoms with Crippen LogP contribution in [-0.4, -0.2) is 17.9 Å². The molecule has 1 atom stereocenters. The van der Waals surface area contributed by atoms with Crippen molar-refractivity contribution in [1.82, 2.24) is 5.32 Å². The van der Waals surface area contributed by atoms with Crippen LogP contribution < -0.4 is 11.1 Å². The number of rotatable bonds is 1. The normalized spacial score (nSPS) is 25.8. The van der Waals surface area contributed by atoms with Gasteiger partial charge < -0.3 is 11.1 Å². The molecule has 0 bridgehead atoms. The fraction of sp³-hybridized carbons (Fsp3) is 0.600. The van der Waals surface area contributed by atoms with E-state index in [-0.39, 0.29) is 5.91 Å². The van der Waals surface area contributed by atoms with Gasteiger partial charge in [0.05, 0.1) is 0 Å². The maximum absolute atomic E-state index is 10.4. The van der Waals surface area contributed by atoms with Crippen molar-refractivity contribution in [2.45, 2.75) is 18.9 Å². The highest BCUT2D eigenvalue weighted by Gasteiger charge is 2.24. The van der Waals surface area contributed by atoms with Crippen LogP contribution in [0.3, 0.4) is 0 Å². The minimum Gasteiger partial charge on any atom is -0.368 e. The molecular formula is C5H8N2O2. The summed E-state index contributed by atoms with van der Waals surface area (Å²) in [5.41, 5.74) is 4.91. The summed E-state index contributed by atoms with van der Waals surface area (Å²) in [4.78, 5) is 20.8. The minimum atomic E-state index is -0.444. The van der Waals surface area contributed by atoms with E-state index in [4.69, 9.17) is 5.73 Å². The van der Waals surface area contributed by atoms with Crippen molar-refractivity contribution in [3.05, 3.63) is 0 Å². The molecule has 0 aliphatic carbocycles. The highest BCUT2D eigenvalue weighted by molar-refractivity contribution is 5.89. The number of carbonyl (C=O) groups excluding carboxylic acids is 2. The molecule has 4 nitrogen and oxygen atoms in total. The summed E-state index contributed by atoms with van der Waals surface area (Å²) in [6.45, 7) is 0. The van der Waals surface area contributed by atoms with Crippen molar-refractivity contribution in [2.24, 2.45) is 5.73 Å². The Labute approximate surface area is 52.4 Å². The zero-order valence-corrected chi connectivity index (χ0v) is 4.89. The highest BCUT2D eigenvalue weighted by Crippen LogP contribution is 2.04. The SMILES string of the molecule is NC(=O)C1CCC(=O)N1. The standard InChI is InChI=1S/C5H8N2O2/c6-5(9)3-1-2-4(8)7-3/h3H,1-2H2,(H2,6,9)(H,7,8). The first-order valence-electron chi connectivity index (χ1n) is 2.79. The van der Waals surface area contributed by atoms with Gasteiger partial charge in [0, 0.05) is 6.42 Å². The number of hydrogen-bond donors (Lipinski definition) is 2. The van der Waals surface area contributed by atoms with Gasteiger partial charge in [0.1, 0.15) is 6.04 Å². The molecule has 0 spiro atoms. The predicted molar refractivity (Wildman–Crippen MR) is 30.4 cm³/mol. The summed E-state index contributed by atoms with van der Waals surface area (Å²) in [7, 11) is 0. The molecule has 9 heavy (non-hydrogen) atoms. The van der Waals surface area contributed by atoms with Crippen molar-refractivity contribution in [3.8, 4) is 0 Å². The molecule has 1 rings (SSSR count). The van der Waals surface area contributed by atoms with Crippen LogP contribution in [0, 0.1) is 0 Å². The quantitative estimate of drug-likeness (QED) is 0.463. The molecule has 4 heteroatoms. The fourth-order valence-electron chi connectivity index (χ4n) is 0.827. The second kappa shape index (κ2) is 2.05. The molecule has 1 unspecified atom stereocenters. The summed E-state index contributed by atoms with van der Waals surface area (Å²) in [5, 5.41) is 2.44. The zero-order chi connectivity index (χ0) is 6.85. The van der Waals surface area contributed by atoms with Crippen LogP contribution in [0.5, 0.6) is 0 Å². The van der Waals surface area contributed by atoms with Gasteiger partial charge in [-0.3, -0.25) is 9.59 Å². The molecule has 1 saturated heterocycles. The molecule has 2 amide bonds. The molecule has 1 aliphatic heterocycles. The van der Waals surface area contributed by atoms with E-state index in [2.05, 4.69) is 5.32 Å². The van der Waals surface area contributed by atoms with E-state index in [1.165, 1.54) is 0 Å². The number of hydrogen-bond acceptors (Lipinski definition) is 2. The zero-order valence-electron chi connectivity index (χ0n) is 4.89. The van der Waals surface area contributed by atoms with Crippen molar-refractivity contribution in [2.75, 3.05) is 0 Å². The Morgan fingerprint density at radius 1 is 1.78 bits per heavy atom. The van der Waals surface area contributed by atoms with Crippen LogP contribution in [0.2, 0.25) is 0 Å². The van der Waals surface area contributed by atoms with Crippen LogP contribution in [-0.2, 0) is 9.59 Å². The molecule has 1 aliphatic rings. The van der Waals surface area contributed by atoms with Gasteiger partial charge in [0.15, 0.2) is 0 Å². The van der Waals surface area contributed by atoms with Crippen molar-refractivity contribution >= 4 is 11.8 Å². The average molecular weight is 128 g/mol. The van der Waals surface area contributed by atoms with Gasteiger partial charge in [-0.05, 0) is 6.42 Å². The summed E-state index contributed by atoms with van der Waals surface area (Å²) < 4.78 is 0. The smallest absolute Gasteiger partial charge is 0.240 e. The maximum Gasteiger partial charge on any atom is 0.240 e. The Hall–Kier alpha value is -1.06. The number of nitrogens with one attached hydrogen (secondary N) is 1. The fourth-order valence-corrected chi connectivity index (χ4v) is 0.827. The summed E-state index contributed by atoms with van der Waals surface area (Å²) in [6.07, 6.45) is 0.974. The summed E-state index contributed by atoms with van der Waals surface area (Å²) >= 11 is 0. The Morgan fingerprint density at radius 3 is 2.67 bits per heavy atom. The predicted octanol–water partition coefficient (Wildman–Crippen LogP) is -1.25. The second-order valence-corrected chi connectivity index (χ2v) is 2.06. The third-order valence-corrected chi connectivity index (χ3v) is 1.34. The van der Waals surface area contributed by atoms with E-state index in [0.29, 0.717) is 12.8 Å².